The molecule has 114 valence electrons. The molecule has 0 radical (unpaired) electrons. The Labute approximate surface area is 129 Å². The van der Waals surface area contributed by atoms with Crippen molar-refractivity contribution in [2.45, 2.75) is 56.2 Å². The van der Waals surface area contributed by atoms with Crippen LogP contribution in [-0.4, -0.2) is 34.4 Å². The Morgan fingerprint density at radius 2 is 1.75 bits per heavy atom. The third kappa shape index (κ3) is 4.67. The van der Waals surface area contributed by atoms with E-state index in [9.17, 15) is 14.7 Å². The van der Waals surface area contributed by atoms with E-state index < -0.39 is 22.7 Å². The fourth-order valence-electron chi connectivity index (χ4n) is 2.18. The van der Waals surface area contributed by atoms with E-state index >= 15 is 0 Å². The molecule has 1 rings (SSSR count). The number of hydrogen-bond acceptors (Lipinski definition) is 3. The van der Waals surface area contributed by atoms with Gasteiger partial charge in [0, 0.05) is 0 Å². The molecule has 0 aromatic heterocycles. The van der Waals surface area contributed by atoms with Gasteiger partial charge in [0.2, 0.25) is 0 Å². The Balaban J connectivity index is 2.70. The zero-order chi connectivity index (χ0) is 15.1. The highest BCUT2D eigenvalue weighted by Crippen LogP contribution is 2.33. The number of ether oxygens (including phenoxy) is 1. The van der Waals surface area contributed by atoms with E-state index in [1.807, 2.05) is 0 Å². The number of carbonyl (C=O) groups is 2. The summed E-state index contributed by atoms with van der Waals surface area (Å²) >= 11 is 12.0. The van der Waals surface area contributed by atoms with E-state index in [1.165, 1.54) is 0 Å². The summed E-state index contributed by atoms with van der Waals surface area (Å²) in [6.45, 7) is 2.38. The lowest BCUT2D eigenvalue weighted by Crippen LogP contribution is -2.30. The first-order chi connectivity index (χ1) is 9.49. The second-order valence-electron chi connectivity index (χ2n) is 4.84. The molecule has 0 saturated heterocycles. The Morgan fingerprint density at radius 1 is 1.15 bits per heavy atom. The summed E-state index contributed by atoms with van der Waals surface area (Å²) in [6.07, 6.45) is 4.86. The van der Waals surface area contributed by atoms with Gasteiger partial charge in [-0.15, -0.1) is 23.2 Å². The number of alkyl halides is 2. The summed E-state index contributed by atoms with van der Waals surface area (Å²) in [4.78, 5) is 23.2. The topological polar surface area (TPSA) is 63.6 Å². The molecule has 2 atom stereocenters. The quantitative estimate of drug-likeness (QED) is 0.442. The van der Waals surface area contributed by atoms with Crippen molar-refractivity contribution in [3.8, 4) is 0 Å². The monoisotopic (exact) mass is 322 g/mol. The summed E-state index contributed by atoms with van der Waals surface area (Å²) in [5, 5.41) is 7.85. The summed E-state index contributed by atoms with van der Waals surface area (Å²) in [5.41, 5.74) is -0.0996. The predicted octanol–water partition coefficient (Wildman–Crippen LogP) is 3.50. The van der Waals surface area contributed by atoms with Crippen LogP contribution in [0.25, 0.3) is 0 Å². The lowest BCUT2D eigenvalue weighted by molar-refractivity contribution is -0.140. The zero-order valence-corrected chi connectivity index (χ0v) is 13.0. The van der Waals surface area contributed by atoms with Crippen LogP contribution >= 0.6 is 23.2 Å². The molecule has 0 heterocycles. The van der Waals surface area contributed by atoms with Gasteiger partial charge in [0.1, 0.15) is 0 Å². The number of carboxylic acid groups (broad SMARTS) is 1. The molecule has 1 aliphatic carbocycles. The predicted molar refractivity (Wildman–Crippen MR) is 78.3 cm³/mol. The lowest BCUT2D eigenvalue weighted by atomic mass is 9.91. The highest BCUT2D eigenvalue weighted by Gasteiger charge is 2.36. The van der Waals surface area contributed by atoms with Crippen molar-refractivity contribution in [1.29, 1.82) is 0 Å². The SMILES string of the molecule is CCCCCCOC(=O)C1=C(C(=O)O)C(Cl)CCC1Cl. The average Bonchev–Trinajstić information content (AvgIpc) is 2.40. The van der Waals surface area contributed by atoms with E-state index in [-0.39, 0.29) is 17.8 Å². The Hall–Kier alpha value is -0.740. The van der Waals surface area contributed by atoms with E-state index in [0.29, 0.717) is 12.8 Å². The molecule has 0 spiro atoms. The van der Waals surface area contributed by atoms with Crippen LogP contribution < -0.4 is 0 Å². The number of halogens is 2. The van der Waals surface area contributed by atoms with Gasteiger partial charge in [0.05, 0.1) is 28.5 Å². The number of aliphatic carboxylic acids is 1. The minimum Gasteiger partial charge on any atom is -0.478 e. The molecule has 0 amide bonds. The van der Waals surface area contributed by atoms with Crippen molar-refractivity contribution in [1.82, 2.24) is 0 Å². The van der Waals surface area contributed by atoms with Crippen molar-refractivity contribution in [2.75, 3.05) is 6.61 Å². The van der Waals surface area contributed by atoms with Crippen LogP contribution in [0.3, 0.4) is 0 Å². The molecule has 0 fully saturated rings. The van der Waals surface area contributed by atoms with Crippen molar-refractivity contribution in [3.63, 3.8) is 0 Å². The van der Waals surface area contributed by atoms with Crippen molar-refractivity contribution in [3.05, 3.63) is 11.1 Å². The van der Waals surface area contributed by atoms with Crippen LogP contribution in [0.4, 0.5) is 0 Å². The third-order valence-electron chi connectivity index (χ3n) is 3.27. The van der Waals surface area contributed by atoms with Gasteiger partial charge in [0.15, 0.2) is 0 Å². The molecule has 20 heavy (non-hydrogen) atoms. The van der Waals surface area contributed by atoms with Crippen LogP contribution in [0.5, 0.6) is 0 Å². The molecule has 2 unspecified atom stereocenters. The number of esters is 1. The fraction of sp³-hybridized carbons (Fsp3) is 0.714. The lowest BCUT2D eigenvalue weighted by Gasteiger charge is -2.24. The zero-order valence-electron chi connectivity index (χ0n) is 11.5. The normalized spacial score (nSPS) is 22.8. The van der Waals surface area contributed by atoms with Gasteiger partial charge < -0.3 is 9.84 Å². The molecule has 4 nitrogen and oxygen atoms in total. The molecular formula is C14H20Cl2O4. The van der Waals surface area contributed by atoms with E-state index in [1.54, 1.807) is 0 Å². The summed E-state index contributed by atoms with van der Waals surface area (Å²) in [6, 6.07) is 0. The smallest absolute Gasteiger partial charge is 0.336 e. The van der Waals surface area contributed by atoms with E-state index in [4.69, 9.17) is 27.9 Å². The number of rotatable bonds is 7. The number of carboxylic acids is 1. The van der Waals surface area contributed by atoms with Gasteiger partial charge in [-0.3, -0.25) is 0 Å². The molecule has 1 N–H and O–H groups in total. The van der Waals surface area contributed by atoms with Crippen molar-refractivity contribution < 1.29 is 19.4 Å². The van der Waals surface area contributed by atoms with Crippen molar-refractivity contribution in [2.24, 2.45) is 0 Å². The minimum absolute atomic E-state index is 0.0147. The number of unbranched alkanes of at least 4 members (excludes halogenated alkanes) is 3. The molecule has 1 aliphatic rings. The Morgan fingerprint density at radius 3 is 2.30 bits per heavy atom. The molecule has 0 aromatic carbocycles. The molecule has 6 heteroatoms. The number of carbonyl (C=O) groups excluding carboxylic acids is 1. The van der Waals surface area contributed by atoms with Crippen LogP contribution in [0.1, 0.15) is 45.4 Å². The summed E-state index contributed by atoms with van der Waals surface area (Å²) in [7, 11) is 0. The maximum absolute atomic E-state index is 12.0. The van der Waals surface area contributed by atoms with Gasteiger partial charge in [0.25, 0.3) is 0 Å². The molecule has 0 saturated carbocycles. The Bertz CT molecular complexity index is 393. The van der Waals surface area contributed by atoms with Gasteiger partial charge >= 0.3 is 11.9 Å². The summed E-state index contributed by atoms with van der Waals surface area (Å²) in [5.74, 6) is -1.85. The van der Waals surface area contributed by atoms with Crippen LogP contribution in [0, 0.1) is 0 Å². The molecule has 0 aromatic rings. The second kappa shape index (κ2) is 8.53. The first kappa shape index (κ1) is 17.3. The largest absolute Gasteiger partial charge is 0.478 e. The van der Waals surface area contributed by atoms with E-state index in [0.717, 1.165) is 25.7 Å². The highest BCUT2D eigenvalue weighted by molar-refractivity contribution is 6.30. The highest BCUT2D eigenvalue weighted by atomic mass is 35.5. The van der Waals surface area contributed by atoms with Crippen LogP contribution in [0.2, 0.25) is 0 Å². The summed E-state index contributed by atoms with van der Waals surface area (Å²) < 4.78 is 5.12. The fourth-order valence-corrected chi connectivity index (χ4v) is 2.85. The first-order valence-electron chi connectivity index (χ1n) is 6.91. The van der Waals surface area contributed by atoms with Crippen LogP contribution in [0.15, 0.2) is 11.1 Å². The molecule has 0 aliphatic heterocycles. The maximum atomic E-state index is 12.0. The standard InChI is InChI=1S/C14H20Cl2O4/c1-2-3-4-5-8-20-14(19)12-10(16)7-6-9(15)11(12)13(17)18/h9-10H,2-8H2,1H3,(H,17,18). The van der Waals surface area contributed by atoms with Gasteiger partial charge in [-0.25, -0.2) is 9.59 Å². The average molecular weight is 323 g/mol. The first-order valence-corrected chi connectivity index (χ1v) is 7.78. The van der Waals surface area contributed by atoms with Crippen molar-refractivity contribution >= 4 is 35.1 Å². The third-order valence-corrected chi connectivity index (χ3v) is 4.14. The van der Waals surface area contributed by atoms with E-state index in [2.05, 4.69) is 6.92 Å². The molecule has 0 bridgehead atoms. The van der Waals surface area contributed by atoms with Gasteiger partial charge in [-0.1, -0.05) is 26.2 Å². The Kier molecular flexibility index (Phi) is 7.38. The van der Waals surface area contributed by atoms with Gasteiger partial charge in [-0.05, 0) is 19.3 Å². The van der Waals surface area contributed by atoms with Gasteiger partial charge in [-0.2, -0.15) is 0 Å². The number of hydrogen-bond donors (Lipinski definition) is 1. The minimum atomic E-state index is -1.20. The van der Waals surface area contributed by atoms with Crippen LogP contribution in [-0.2, 0) is 14.3 Å². The molecular weight excluding hydrogens is 303 g/mol. The second-order valence-corrected chi connectivity index (χ2v) is 5.90. The maximum Gasteiger partial charge on any atom is 0.336 e.